The van der Waals surface area contributed by atoms with Crippen molar-refractivity contribution in [3.8, 4) is 0 Å². The molecule has 0 saturated carbocycles. The lowest BCUT2D eigenvalue weighted by atomic mass is 9.70. The molecule has 0 amide bonds. The van der Waals surface area contributed by atoms with Gasteiger partial charge in [0.05, 0.1) is 26.8 Å². The molecule has 3 aromatic rings. The summed E-state index contributed by atoms with van der Waals surface area (Å²) >= 11 is 14.3. The lowest BCUT2D eigenvalue weighted by Crippen LogP contribution is -2.49. The van der Waals surface area contributed by atoms with Gasteiger partial charge in [0.25, 0.3) is 0 Å². The third-order valence-corrected chi connectivity index (χ3v) is 7.83. The van der Waals surface area contributed by atoms with Gasteiger partial charge in [-0.25, -0.2) is 4.98 Å². The van der Waals surface area contributed by atoms with E-state index < -0.39 is 0 Å². The molecule has 4 nitrogen and oxygen atoms in total. The summed E-state index contributed by atoms with van der Waals surface area (Å²) in [4.78, 5) is 12.2. The average molecular weight is 445 g/mol. The molecule has 0 atom stereocenters. The topological polar surface area (TPSA) is 40.5 Å². The predicted molar refractivity (Wildman–Crippen MR) is 124 cm³/mol. The number of nitrogens with one attached hydrogen (secondary N) is 1. The summed E-state index contributed by atoms with van der Waals surface area (Å²) in [5.74, 6) is 1.07. The fourth-order valence-electron chi connectivity index (χ4n) is 4.36. The number of aliphatic imine (C=N–C) groups is 1. The summed E-state index contributed by atoms with van der Waals surface area (Å²) < 4.78 is 1.21. The SMILES string of the molecule is CN1CCC2(CC1)Cc1cc(Cl)c(Cl)cc1NC2=NCc1nc2ccccc2s1. The molecule has 0 bridgehead atoms. The standard InChI is InChI=1S/C22H22Cl2N4S/c1-28-8-6-22(7-9-28)12-14-10-15(23)16(24)11-18(14)27-21(22)25-13-20-26-17-4-2-3-5-19(17)29-20/h2-5,10-11H,6-9,12-13H2,1H3,(H,25,27). The zero-order valence-corrected chi connectivity index (χ0v) is 18.5. The summed E-state index contributed by atoms with van der Waals surface area (Å²) in [5.41, 5.74) is 3.31. The Labute approximate surface area is 184 Å². The number of benzene rings is 2. The van der Waals surface area contributed by atoms with E-state index in [0.29, 0.717) is 16.6 Å². The van der Waals surface area contributed by atoms with E-state index in [0.717, 1.165) is 54.4 Å². The zero-order chi connectivity index (χ0) is 20.0. The smallest absolute Gasteiger partial charge is 0.115 e. The Balaban J connectivity index is 1.50. The number of para-hydroxylation sites is 1. The molecular formula is C22H22Cl2N4S. The fraction of sp³-hybridized carbons (Fsp3) is 0.364. The Morgan fingerprint density at radius 3 is 2.72 bits per heavy atom. The average Bonchev–Trinajstić information content (AvgIpc) is 3.13. The van der Waals surface area contributed by atoms with Crippen LogP contribution in [0, 0.1) is 5.41 Å². The van der Waals surface area contributed by atoms with Crippen molar-refractivity contribution >= 4 is 56.3 Å². The monoisotopic (exact) mass is 444 g/mol. The molecule has 1 fully saturated rings. The maximum atomic E-state index is 6.31. The Kier molecular flexibility index (Phi) is 5.03. The van der Waals surface area contributed by atoms with Gasteiger partial charge >= 0.3 is 0 Å². The van der Waals surface area contributed by atoms with Gasteiger partial charge in [-0.05, 0) is 69.2 Å². The zero-order valence-electron chi connectivity index (χ0n) is 16.2. The van der Waals surface area contributed by atoms with E-state index in [1.807, 2.05) is 18.2 Å². The number of aromatic nitrogens is 1. The number of rotatable bonds is 2. The lowest BCUT2D eigenvalue weighted by molar-refractivity contribution is 0.178. The number of hydrogen-bond donors (Lipinski definition) is 1. The minimum absolute atomic E-state index is 0.0212. The number of anilines is 1. The van der Waals surface area contributed by atoms with Crippen LogP contribution in [0.4, 0.5) is 5.69 Å². The number of piperidine rings is 1. The molecule has 2 aliphatic heterocycles. The molecule has 1 aromatic heterocycles. The largest absolute Gasteiger partial charge is 0.343 e. The van der Waals surface area contributed by atoms with Crippen LogP contribution in [0.2, 0.25) is 10.0 Å². The van der Waals surface area contributed by atoms with Crippen molar-refractivity contribution in [2.45, 2.75) is 25.8 Å². The van der Waals surface area contributed by atoms with Gasteiger partial charge in [0, 0.05) is 11.1 Å². The minimum Gasteiger partial charge on any atom is -0.343 e. The first kappa shape index (κ1) is 19.3. The fourth-order valence-corrected chi connectivity index (χ4v) is 5.60. The molecule has 1 spiro atoms. The number of amidine groups is 1. The first-order valence-electron chi connectivity index (χ1n) is 9.85. The minimum atomic E-state index is 0.0212. The van der Waals surface area contributed by atoms with E-state index in [1.165, 1.54) is 10.3 Å². The maximum Gasteiger partial charge on any atom is 0.115 e. The molecule has 7 heteroatoms. The molecule has 29 heavy (non-hydrogen) atoms. The van der Waals surface area contributed by atoms with Crippen molar-refractivity contribution in [3.05, 3.63) is 57.0 Å². The second kappa shape index (κ2) is 7.55. The van der Waals surface area contributed by atoms with E-state index in [-0.39, 0.29) is 5.41 Å². The number of likely N-dealkylation sites (tertiary alicyclic amines) is 1. The highest BCUT2D eigenvalue weighted by atomic mass is 35.5. The molecule has 150 valence electrons. The van der Waals surface area contributed by atoms with Crippen molar-refractivity contribution in [2.24, 2.45) is 10.4 Å². The van der Waals surface area contributed by atoms with Crippen molar-refractivity contribution < 1.29 is 0 Å². The Hall–Kier alpha value is -1.66. The highest BCUT2D eigenvalue weighted by molar-refractivity contribution is 7.18. The van der Waals surface area contributed by atoms with Crippen LogP contribution in [0.15, 0.2) is 41.4 Å². The molecule has 0 aliphatic carbocycles. The molecule has 0 unspecified atom stereocenters. The van der Waals surface area contributed by atoms with E-state index in [2.05, 4.69) is 35.5 Å². The molecule has 3 heterocycles. The number of hydrogen-bond acceptors (Lipinski definition) is 4. The highest BCUT2D eigenvalue weighted by Crippen LogP contribution is 2.44. The molecule has 1 saturated heterocycles. The van der Waals surface area contributed by atoms with Crippen LogP contribution < -0.4 is 5.32 Å². The van der Waals surface area contributed by atoms with Crippen molar-refractivity contribution in [3.63, 3.8) is 0 Å². The Morgan fingerprint density at radius 1 is 1.17 bits per heavy atom. The Bertz CT molecular complexity index is 1070. The van der Waals surface area contributed by atoms with E-state index in [9.17, 15) is 0 Å². The van der Waals surface area contributed by atoms with Crippen molar-refractivity contribution in [1.29, 1.82) is 0 Å². The molecule has 2 aromatic carbocycles. The quantitative estimate of drug-likeness (QED) is 0.536. The number of thiazole rings is 1. The third kappa shape index (κ3) is 3.66. The van der Waals surface area contributed by atoms with Gasteiger partial charge < -0.3 is 10.2 Å². The summed E-state index contributed by atoms with van der Waals surface area (Å²) in [6, 6.07) is 12.2. The maximum absolute atomic E-state index is 6.31. The van der Waals surface area contributed by atoms with Crippen LogP contribution in [-0.2, 0) is 13.0 Å². The van der Waals surface area contributed by atoms with Crippen LogP contribution in [0.5, 0.6) is 0 Å². The van der Waals surface area contributed by atoms with Crippen LogP contribution in [0.1, 0.15) is 23.4 Å². The second-order valence-corrected chi connectivity index (χ2v) is 9.98. The van der Waals surface area contributed by atoms with Crippen molar-refractivity contribution in [1.82, 2.24) is 9.88 Å². The number of halogens is 2. The van der Waals surface area contributed by atoms with Crippen LogP contribution in [0.25, 0.3) is 10.2 Å². The molecule has 0 radical (unpaired) electrons. The first-order valence-corrected chi connectivity index (χ1v) is 11.4. The van der Waals surface area contributed by atoms with Crippen LogP contribution >= 0.6 is 34.5 Å². The third-order valence-electron chi connectivity index (χ3n) is 6.09. The van der Waals surface area contributed by atoms with Gasteiger partial charge in [0.1, 0.15) is 10.8 Å². The van der Waals surface area contributed by atoms with E-state index in [4.69, 9.17) is 33.2 Å². The van der Waals surface area contributed by atoms with Gasteiger partial charge in [-0.3, -0.25) is 4.99 Å². The van der Waals surface area contributed by atoms with Gasteiger partial charge in [0.2, 0.25) is 0 Å². The Morgan fingerprint density at radius 2 is 1.93 bits per heavy atom. The van der Waals surface area contributed by atoms with E-state index >= 15 is 0 Å². The van der Waals surface area contributed by atoms with Crippen LogP contribution in [-0.4, -0.2) is 35.9 Å². The van der Waals surface area contributed by atoms with Crippen molar-refractivity contribution in [2.75, 3.05) is 25.5 Å². The van der Waals surface area contributed by atoms with E-state index in [1.54, 1.807) is 11.3 Å². The molecular weight excluding hydrogens is 423 g/mol. The summed E-state index contributed by atoms with van der Waals surface area (Å²) in [6.07, 6.45) is 3.10. The molecule has 1 N–H and O–H groups in total. The van der Waals surface area contributed by atoms with Gasteiger partial charge in [-0.2, -0.15) is 0 Å². The second-order valence-electron chi connectivity index (χ2n) is 8.05. The summed E-state index contributed by atoms with van der Waals surface area (Å²) in [7, 11) is 2.19. The first-order chi connectivity index (χ1) is 14.0. The highest BCUT2D eigenvalue weighted by Gasteiger charge is 2.42. The van der Waals surface area contributed by atoms with Gasteiger partial charge in [0.15, 0.2) is 0 Å². The molecule has 2 aliphatic rings. The predicted octanol–water partition coefficient (Wildman–Crippen LogP) is 5.88. The summed E-state index contributed by atoms with van der Waals surface area (Å²) in [6.45, 7) is 2.73. The van der Waals surface area contributed by atoms with Crippen LogP contribution in [0.3, 0.4) is 0 Å². The normalized spacial score (nSPS) is 20.2. The van der Waals surface area contributed by atoms with Gasteiger partial charge in [-0.15, -0.1) is 11.3 Å². The number of nitrogens with zero attached hydrogens (tertiary/aromatic N) is 3. The molecule has 5 rings (SSSR count). The summed E-state index contributed by atoms with van der Waals surface area (Å²) in [5, 5.41) is 5.84. The van der Waals surface area contributed by atoms with Gasteiger partial charge in [-0.1, -0.05) is 35.3 Å². The lowest BCUT2D eigenvalue weighted by Gasteiger charge is -2.45. The number of fused-ring (bicyclic) bond motifs is 2.